The van der Waals surface area contributed by atoms with Gasteiger partial charge in [-0.2, -0.15) is 8.90 Å². The van der Waals surface area contributed by atoms with Crippen LogP contribution in [0.4, 0.5) is 16.2 Å². The summed E-state index contributed by atoms with van der Waals surface area (Å²) in [5.41, 5.74) is 3.40. The quantitative estimate of drug-likeness (QED) is 0.0114. The zero-order chi connectivity index (χ0) is 55.4. The van der Waals surface area contributed by atoms with Gasteiger partial charge in [0.1, 0.15) is 38.7 Å². The van der Waals surface area contributed by atoms with Crippen molar-refractivity contribution in [3.05, 3.63) is 155 Å². The van der Waals surface area contributed by atoms with Gasteiger partial charge in [0, 0.05) is 35.5 Å². The van der Waals surface area contributed by atoms with Gasteiger partial charge >= 0.3 is 65.1 Å². The third-order valence-electron chi connectivity index (χ3n) is 12.8. The van der Waals surface area contributed by atoms with Crippen molar-refractivity contribution in [2.75, 3.05) is 60.2 Å². The molecule has 5 amide bonds. The molecule has 6 aromatic carbocycles. The minimum absolute atomic E-state index is 0. The molecule has 21 nitrogen and oxygen atoms in total. The molecule has 10 rings (SSSR count). The second-order valence-corrected chi connectivity index (χ2v) is 23.5. The fraction of sp³-hybridized carbons (Fsp3) is 0.189. The van der Waals surface area contributed by atoms with Gasteiger partial charge in [0.15, 0.2) is 12.3 Å². The van der Waals surface area contributed by atoms with Crippen molar-refractivity contribution in [2.45, 2.75) is 17.9 Å². The predicted molar refractivity (Wildman–Crippen MR) is 292 cm³/mol. The van der Waals surface area contributed by atoms with E-state index < -0.39 is 73.6 Å². The molecule has 0 bridgehead atoms. The molecule has 0 radical (unpaired) electrons. The van der Waals surface area contributed by atoms with E-state index in [0.717, 1.165) is 75.2 Å². The monoisotopic (exact) mass is 1210 g/mol. The standard InChI is InChI=1S/C53H46N6O15S5.2Na/c60-45(31-57-51(61)40(52(62)58(53(57)63)32-75-74-73-64)18-22-46-59(33-79(68,69)70)41-19-15-36-12-5-7-14-39(36)50(41)72-46)54-23-26-71-27-25-55-42-29-37(34-9-2-1-3-10-34)17-20-43(42)76-47(55)30-48-56(24-8-28-78(65,66)67)49-38-13-6-4-11-35(38)16-21-44(49)77-48;;/h1-7,9-22,29-30H,8,23-28,31-33H2,(H3-,54,60,64,65,66,67,68,69,70);;/q;2*+1/p-2. The smallest absolute Gasteiger partial charge is 0.748 e. The summed E-state index contributed by atoms with van der Waals surface area (Å²) >= 11 is 3.35. The molecule has 1 saturated heterocycles. The fourth-order valence-corrected chi connectivity index (χ4v) is 13.1. The topological polar surface area (TPSA) is 272 Å². The summed E-state index contributed by atoms with van der Waals surface area (Å²) in [7, 11) is -9.37. The molecule has 408 valence electrons. The average molecular weight is 1210 g/mol. The molecule has 0 aliphatic carbocycles. The number of imide groups is 2. The minimum atomic E-state index is -4.91. The molecule has 0 unspecified atom stereocenters. The van der Waals surface area contributed by atoms with E-state index >= 15 is 0 Å². The largest absolute Gasteiger partial charge is 1.00 e. The molecule has 81 heavy (non-hydrogen) atoms. The first kappa shape index (κ1) is 61.9. The summed E-state index contributed by atoms with van der Waals surface area (Å²) in [4.78, 5) is 59.9. The summed E-state index contributed by atoms with van der Waals surface area (Å²) in [5.74, 6) is -5.47. The molecule has 1 fully saturated rings. The first-order chi connectivity index (χ1) is 38.0. The van der Waals surface area contributed by atoms with Crippen LogP contribution in [0.15, 0.2) is 155 Å². The van der Waals surface area contributed by atoms with Gasteiger partial charge in [0.25, 0.3) is 16.8 Å². The van der Waals surface area contributed by atoms with Crippen LogP contribution in [0.3, 0.4) is 0 Å². The number of nitrogens with zero attached hydrogens (tertiary/aromatic N) is 5. The maximum absolute atomic E-state index is 13.9. The number of carbonyl (C=O) groups excluding carboxylic acids is 4. The Morgan fingerprint density at radius 1 is 0.753 bits per heavy atom. The van der Waals surface area contributed by atoms with Crippen molar-refractivity contribution in [1.82, 2.24) is 15.1 Å². The molecular weight excluding hydrogens is 1170 g/mol. The van der Waals surface area contributed by atoms with Crippen molar-refractivity contribution in [3.63, 3.8) is 0 Å². The van der Waals surface area contributed by atoms with Gasteiger partial charge in [-0.05, 0) is 64.4 Å². The number of thioether (sulfide) groups is 1. The minimum Gasteiger partial charge on any atom is -0.748 e. The Kier molecular flexibility index (Phi) is 20.6. The second-order valence-electron chi connectivity index (χ2n) is 17.8. The molecule has 0 spiro atoms. The van der Waals surface area contributed by atoms with E-state index in [2.05, 4.69) is 48.4 Å². The van der Waals surface area contributed by atoms with E-state index in [1.54, 1.807) is 59.5 Å². The van der Waals surface area contributed by atoms with Gasteiger partial charge in [-0.15, -0.1) is 0 Å². The van der Waals surface area contributed by atoms with Gasteiger partial charge < -0.3 is 34.1 Å². The number of carbonyl (C=O) groups is 4. The van der Waals surface area contributed by atoms with Crippen LogP contribution in [0.25, 0.3) is 49.0 Å². The number of aromatic nitrogens is 1. The Labute approximate surface area is 521 Å². The van der Waals surface area contributed by atoms with E-state index in [9.17, 15) is 50.4 Å². The number of amides is 5. The van der Waals surface area contributed by atoms with Gasteiger partial charge in [-0.3, -0.25) is 24.3 Å². The molecule has 28 heteroatoms. The van der Waals surface area contributed by atoms with Crippen molar-refractivity contribution < 1.29 is 133 Å². The number of aryl methyl sites for hydroxylation is 1. The molecule has 0 saturated carbocycles. The Bertz CT molecular complexity index is 3910. The molecule has 3 aliphatic heterocycles. The zero-order valence-corrected chi connectivity index (χ0v) is 51.3. The Morgan fingerprint density at radius 3 is 2.20 bits per heavy atom. The molecule has 0 atom stereocenters. The van der Waals surface area contributed by atoms with Crippen molar-refractivity contribution in [2.24, 2.45) is 0 Å². The molecule has 3 aliphatic rings. The number of hydrogen-bond donors (Lipinski definition) is 1. The number of ether oxygens (including phenoxy) is 2. The number of nitrogens with one attached hydrogen (secondary N) is 1. The van der Waals surface area contributed by atoms with E-state index in [1.807, 2.05) is 66.7 Å². The third-order valence-corrected chi connectivity index (χ3v) is 16.9. The zero-order valence-electron chi connectivity index (χ0n) is 43.3. The van der Waals surface area contributed by atoms with Crippen LogP contribution in [-0.2, 0) is 55.3 Å². The van der Waals surface area contributed by atoms with Crippen LogP contribution in [0.1, 0.15) is 11.4 Å². The van der Waals surface area contributed by atoms with Crippen LogP contribution in [0.2, 0.25) is 0 Å². The number of rotatable bonds is 21. The van der Waals surface area contributed by atoms with E-state index in [1.165, 1.54) is 0 Å². The molecule has 1 N–H and O–H groups in total. The van der Waals surface area contributed by atoms with Gasteiger partial charge in [0.05, 0.1) is 63.2 Å². The van der Waals surface area contributed by atoms with E-state index in [-0.39, 0.29) is 121 Å². The van der Waals surface area contributed by atoms with Gasteiger partial charge in [0.2, 0.25) is 17.3 Å². The van der Waals surface area contributed by atoms with E-state index in [0.29, 0.717) is 21.7 Å². The number of barbiturate groups is 1. The number of thiazole rings is 1. The molecule has 7 aromatic rings. The first-order valence-electron chi connectivity index (χ1n) is 24.1. The van der Waals surface area contributed by atoms with E-state index in [4.69, 9.17) is 9.47 Å². The van der Waals surface area contributed by atoms with Crippen LogP contribution in [0, 0.1) is 0 Å². The predicted octanol–water partition coefficient (Wildman–Crippen LogP) is -0.0615. The van der Waals surface area contributed by atoms with Crippen LogP contribution in [-0.4, -0.2) is 110 Å². The van der Waals surface area contributed by atoms with Crippen LogP contribution < -0.4 is 88.8 Å². The Balaban J connectivity index is 0.00000430. The molecule has 4 heterocycles. The van der Waals surface area contributed by atoms with Crippen molar-refractivity contribution in [1.29, 1.82) is 0 Å². The summed E-state index contributed by atoms with van der Waals surface area (Å²) in [6.45, 7) is -0.142. The fourth-order valence-electron chi connectivity index (χ4n) is 9.27. The van der Waals surface area contributed by atoms with Crippen molar-refractivity contribution >= 4 is 128 Å². The molecular formula is C53H44N6Na2O15S5. The first-order valence-corrected chi connectivity index (χ1v) is 29.8. The summed E-state index contributed by atoms with van der Waals surface area (Å²) in [6, 6.07) is 37.1. The summed E-state index contributed by atoms with van der Waals surface area (Å²) in [5, 5.41) is 21.5. The number of anilines is 2. The van der Waals surface area contributed by atoms with Gasteiger partial charge in [-0.1, -0.05) is 114 Å². The maximum atomic E-state index is 13.9. The number of fused-ring (bicyclic) bond motifs is 7. The Morgan fingerprint density at radius 2 is 1.46 bits per heavy atom. The van der Waals surface area contributed by atoms with Crippen LogP contribution >= 0.6 is 35.1 Å². The molecule has 1 aromatic heterocycles. The SMILES string of the molecule is O=C(CN1C(=O)C(=CC=C2Oc3c(ccc4ccccc34)N2CS(=O)(=O)[O-])C(=O)N(CSOO[O-])C1=O)NCCOCCN1C(=Cc2sc3ccc4ccccc4c3[n+]2CCCS(=O)(=O)[O-])Sc2ccc(-c3ccccc3)cc21.[Na+].[Na+]. The third kappa shape index (κ3) is 14.2. The van der Waals surface area contributed by atoms with Gasteiger partial charge in [-0.25, -0.2) is 31.4 Å². The van der Waals surface area contributed by atoms with Crippen molar-refractivity contribution in [3.8, 4) is 16.9 Å². The maximum Gasteiger partial charge on any atom is 1.00 e. The number of allylic oxidation sites excluding steroid dienone is 2. The summed E-state index contributed by atoms with van der Waals surface area (Å²) in [6.07, 6.45) is 4.20. The number of urea groups is 1. The normalized spacial score (nSPS) is 15.9. The second kappa shape index (κ2) is 27.0. The number of hydrogen-bond acceptors (Lipinski definition) is 20. The number of benzene rings is 6. The van der Waals surface area contributed by atoms with Crippen LogP contribution in [0.5, 0.6) is 5.75 Å². The average Bonchev–Trinajstić information content (AvgIpc) is 4.33. The summed E-state index contributed by atoms with van der Waals surface area (Å²) < 4.78 is 90.7. The Hall–Kier alpha value is -5.21.